The molecule has 0 bridgehead atoms. The molecule has 0 aliphatic heterocycles. The number of esters is 1. The molecule has 0 heterocycles. The van der Waals surface area contributed by atoms with Gasteiger partial charge in [0.25, 0.3) is 0 Å². The lowest BCUT2D eigenvalue weighted by Crippen LogP contribution is -2.07. The Morgan fingerprint density at radius 3 is 2.71 bits per heavy atom. The van der Waals surface area contributed by atoms with Gasteiger partial charge in [-0.3, -0.25) is 4.79 Å². The second kappa shape index (κ2) is 8.71. The van der Waals surface area contributed by atoms with Crippen molar-refractivity contribution in [2.75, 3.05) is 20.8 Å². The monoisotopic (exact) mass is 293 g/mol. The minimum absolute atomic E-state index is 0.173. The van der Waals surface area contributed by atoms with E-state index in [4.69, 9.17) is 19.7 Å². The van der Waals surface area contributed by atoms with Crippen LogP contribution in [-0.4, -0.2) is 26.8 Å². The van der Waals surface area contributed by atoms with Gasteiger partial charge in [0.15, 0.2) is 0 Å². The number of nitrogens with zero attached hydrogens (tertiary/aromatic N) is 3. The summed E-state index contributed by atoms with van der Waals surface area (Å²) in [7, 11) is 3.08. The summed E-state index contributed by atoms with van der Waals surface area (Å²) in [6.07, 6.45) is 0.526. The van der Waals surface area contributed by atoms with Crippen molar-refractivity contribution in [1.29, 1.82) is 0 Å². The van der Waals surface area contributed by atoms with Crippen LogP contribution in [0.3, 0.4) is 0 Å². The van der Waals surface area contributed by atoms with Crippen LogP contribution in [0.5, 0.6) is 11.5 Å². The fourth-order valence-electron chi connectivity index (χ4n) is 1.92. The summed E-state index contributed by atoms with van der Waals surface area (Å²) in [4.78, 5) is 14.3. The SMILES string of the molecule is CCOC(=O)CCC(N=[N+]=[N-])c1ccc(OC)cc1OC. The maximum atomic E-state index is 11.4. The summed E-state index contributed by atoms with van der Waals surface area (Å²) in [6.45, 7) is 2.08. The molecule has 1 atom stereocenters. The van der Waals surface area contributed by atoms with Crippen molar-refractivity contribution in [3.05, 3.63) is 34.2 Å². The number of carbonyl (C=O) groups excluding carboxylic acids is 1. The van der Waals surface area contributed by atoms with Crippen LogP contribution in [0.2, 0.25) is 0 Å². The molecule has 7 nitrogen and oxygen atoms in total. The smallest absolute Gasteiger partial charge is 0.305 e. The first-order chi connectivity index (χ1) is 10.2. The van der Waals surface area contributed by atoms with Crippen LogP contribution in [0.25, 0.3) is 10.4 Å². The largest absolute Gasteiger partial charge is 0.497 e. The zero-order valence-corrected chi connectivity index (χ0v) is 12.4. The molecule has 114 valence electrons. The van der Waals surface area contributed by atoms with E-state index >= 15 is 0 Å². The molecule has 1 aromatic rings. The third kappa shape index (κ3) is 4.89. The molecule has 0 amide bonds. The average molecular weight is 293 g/mol. The number of hydrogen-bond acceptors (Lipinski definition) is 5. The van der Waals surface area contributed by atoms with Crippen LogP contribution in [0.4, 0.5) is 0 Å². The Kier molecular flexibility index (Phi) is 6.91. The quantitative estimate of drug-likeness (QED) is 0.318. The summed E-state index contributed by atoms with van der Waals surface area (Å²) in [5.41, 5.74) is 9.42. The predicted molar refractivity (Wildman–Crippen MR) is 77.3 cm³/mol. The van der Waals surface area contributed by atoms with Gasteiger partial charge in [-0.2, -0.15) is 0 Å². The lowest BCUT2D eigenvalue weighted by molar-refractivity contribution is -0.143. The van der Waals surface area contributed by atoms with E-state index in [1.165, 1.54) is 7.11 Å². The molecular formula is C14H19N3O4. The van der Waals surface area contributed by atoms with Gasteiger partial charge in [-0.1, -0.05) is 11.2 Å². The number of carbonyl (C=O) groups is 1. The predicted octanol–water partition coefficient (Wildman–Crippen LogP) is 3.40. The maximum absolute atomic E-state index is 11.4. The minimum atomic E-state index is -0.500. The fraction of sp³-hybridized carbons (Fsp3) is 0.500. The summed E-state index contributed by atoms with van der Waals surface area (Å²) < 4.78 is 15.3. The lowest BCUT2D eigenvalue weighted by atomic mass is 10.0. The molecule has 0 spiro atoms. The van der Waals surface area contributed by atoms with Crippen molar-refractivity contribution in [3.63, 3.8) is 0 Å². The van der Waals surface area contributed by atoms with Crippen molar-refractivity contribution in [1.82, 2.24) is 0 Å². The lowest BCUT2D eigenvalue weighted by Gasteiger charge is -2.16. The Morgan fingerprint density at radius 2 is 2.14 bits per heavy atom. The fourth-order valence-corrected chi connectivity index (χ4v) is 1.92. The summed E-state index contributed by atoms with van der Waals surface area (Å²) >= 11 is 0. The molecule has 7 heteroatoms. The number of ether oxygens (including phenoxy) is 3. The van der Waals surface area contributed by atoms with Gasteiger partial charge in [0.2, 0.25) is 0 Å². The first-order valence-electron chi connectivity index (χ1n) is 6.58. The molecule has 0 saturated heterocycles. The summed E-state index contributed by atoms with van der Waals surface area (Å²) in [6, 6.07) is 4.73. The number of methoxy groups -OCH3 is 2. The second-order valence-electron chi connectivity index (χ2n) is 4.17. The Bertz CT molecular complexity index is 527. The van der Waals surface area contributed by atoms with Gasteiger partial charge in [0.1, 0.15) is 11.5 Å². The molecule has 0 radical (unpaired) electrons. The van der Waals surface area contributed by atoms with Crippen molar-refractivity contribution in [2.45, 2.75) is 25.8 Å². The van der Waals surface area contributed by atoms with Crippen LogP contribution in [0.1, 0.15) is 31.4 Å². The molecule has 0 saturated carbocycles. The van der Waals surface area contributed by atoms with E-state index in [1.807, 2.05) is 0 Å². The molecule has 1 unspecified atom stereocenters. The molecular weight excluding hydrogens is 274 g/mol. The second-order valence-corrected chi connectivity index (χ2v) is 4.17. The first kappa shape index (κ1) is 16.7. The maximum Gasteiger partial charge on any atom is 0.305 e. The molecule has 0 aliphatic carbocycles. The van der Waals surface area contributed by atoms with E-state index in [2.05, 4.69) is 10.0 Å². The van der Waals surface area contributed by atoms with Crippen molar-refractivity contribution in [3.8, 4) is 11.5 Å². The van der Waals surface area contributed by atoms with E-state index in [9.17, 15) is 4.79 Å². The molecule has 0 fully saturated rings. The third-order valence-electron chi connectivity index (χ3n) is 2.92. The van der Waals surface area contributed by atoms with E-state index in [0.717, 1.165) is 0 Å². The highest BCUT2D eigenvalue weighted by Gasteiger charge is 2.17. The van der Waals surface area contributed by atoms with Crippen LogP contribution in [0, 0.1) is 0 Å². The van der Waals surface area contributed by atoms with Crippen molar-refractivity contribution < 1.29 is 19.0 Å². The molecule has 1 rings (SSSR count). The Labute approximate surface area is 123 Å². The Hall–Kier alpha value is -2.40. The molecule has 21 heavy (non-hydrogen) atoms. The zero-order chi connectivity index (χ0) is 15.7. The summed E-state index contributed by atoms with van der Waals surface area (Å²) in [5, 5.41) is 3.74. The van der Waals surface area contributed by atoms with Crippen LogP contribution >= 0.6 is 0 Å². The number of rotatable bonds is 8. The highest BCUT2D eigenvalue weighted by Crippen LogP contribution is 2.34. The van der Waals surface area contributed by atoms with Gasteiger partial charge in [0, 0.05) is 23.0 Å². The zero-order valence-electron chi connectivity index (χ0n) is 12.4. The summed E-state index contributed by atoms with van der Waals surface area (Å²) in [5.74, 6) is 0.874. The van der Waals surface area contributed by atoms with Crippen molar-refractivity contribution in [2.24, 2.45) is 5.11 Å². The Balaban J connectivity index is 2.94. The van der Waals surface area contributed by atoms with Crippen LogP contribution in [-0.2, 0) is 9.53 Å². The Morgan fingerprint density at radius 1 is 1.38 bits per heavy atom. The number of benzene rings is 1. The van der Waals surface area contributed by atoms with Gasteiger partial charge in [0.05, 0.1) is 26.9 Å². The topological polar surface area (TPSA) is 93.5 Å². The standard InChI is InChI=1S/C14H19N3O4/c1-4-21-14(18)8-7-12(16-17-15)11-6-5-10(19-2)9-13(11)20-3/h5-6,9,12H,4,7-8H2,1-3H3. The number of azide groups is 1. The third-order valence-corrected chi connectivity index (χ3v) is 2.92. The minimum Gasteiger partial charge on any atom is -0.497 e. The van der Waals surface area contributed by atoms with Crippen molar-refractivity contribution >= 4 is 5.97 Å². The molecule has 0 aliphatic rings. The van der Waals surface area contributed by atoms with Gasteiger partial charge in [-0.15, -0.1) is 0 Å². The number of hydrogen-bond donors (Lipinski definition) is 0. The molecule has 0 aromatic heterocycles. The highest BCUT2D eigenvalue weighted by molar-refractivity contribution is 5.69. The van der Waals surface area contributed by atoms with E-state index in [1.54, 1.807) is 32.2 Å². The first-order valence-corrected chi connectivity index (χ1v) is 6.58. The van der Waals surface area contributed by atoms with E-state index in [-0.39, 0.29) is 12.4 Å². The van der Waals surface area contributed by atoms with Crippen LogP contribution in [0.15, 0.2) is 23.3 Å². The van der Waals surface area contributed by atoms with Gasteiger partial charge >= 0.3 is 5.97 Å². The van der Waals surface area contributed by atoms with Gasteiger partial charge in [-0.05, 0) is 24.9 Å². The van der Waals surface area contributed by atoms with Crippen LogP contribution < -0.4 is 9.47 Å². The van der Waals surface area contributed by atoms with E-state index < -0.39 is 6.04 Å². The normalized spacial score (nSPS) is 11.2. The van der Waals surface area contributed by atoms with Gasteiger partial charge in [-0.25, -0.2) is 0 Å². The highest BCUT2D eigenvalue weighted by atomic mass is 16.5. The average Bonchev–Trinajstić information content (AvgIpc) is 2.51. The van der Waals surface area contributed by atoms with E-state index in [0.29, 0.717) is 30.1 Å². The molecule has 0 N–H and O–H groups in total. The van der Waals surface area contributed by atoms with Gasteiger partial charge < -0.3 is 14.2 Å². The molecule has 1 aromatic carbocycles.